The second-order valence-corrected chi connectivity index (χ2v) is 7.82. The Hall–Kier alpha value is -0.840. The summed E-state index contributed by atoms with van der Waals surface area (Å²) >= 11 is 3.74. The molecule has 2 rings (SSSR count). The van der Waals surface area contributed by atoms with Crippen molar-refractivity contribution in [3.63, 3.8) is 0 Å². The predicted molar refractivity (Wildman–Crippen MR) is 95.1 cm³/mol. The highest BCUT2D eigenvalue weighted by molar-refractivity contribution is 7.99. The summed E-state index contributed by atoms with van der Waals surface area (Å²) in [6.45, 7) is 7.59. The van der Waals surface area contributed by atoms with Gasteiger partial charge in [0.1, 0.15) is 5.01 Å². The Morgan fingerprint density at radius 1 is 1.24 bits per heavy atom. The number of nitrogens with one attached hydrogen (secondary N) is 1. The fourth-order valence-electron chi connectivity index (χ4n) is 2.20. The van der Waals surface area contributed by atoms with Crippen molar-refractivity contribution in [1.82, 2.24) is 10.3 Å². The van der Waals surface area contributed by atoms with Gasteiger partial charge in [0.15, 0.2) is 0 Å². The van der Waals surface area contributed by atoms with Crippen LogP contribution >= 0.6 is 23.1 Å². The standard InChI is InChI=1S/C17H24N2S2/c1-4-18-16(14-8-6-5-7-9-14)10-15-11-21-17(19-15)12-20-13(2)3/h5-9,11,13,16,18H,4,10,12H2,1-3H3. The van der Waals surface area contributed by atoms with Crippen LogP contribution in [0, 0.1) is 0 Å². The second-order valence-electron chi connectivity index (χ2n) is 5.32. The monoisotopic (exact) mass is 320 g/mol. The molecule has 0 aliphatic carbocycles. The third-order valence-electron chi connectivity index (χ3n) is 3.21. The number of nitrogens with zero attached hydrogens (tertiary/aromatic N) is 1. The summed E-state index contributed by atoms with van der Waals surface area (Å²) < 4.78 is 0. The summed E-state index contributed by atoms with van der Waals surface area (Å²) in [5, 5.41) is 7.68. The lowest BCUT2D eigenvalue weighted by Gasteiger charge is -2.17. The number of benzene rings is 1. The molecule has 2 nitrogen and oxygen atoms in total. The highest BCUT2D eigenvalue weighted by atomic mass is 32.2. The van der Waals surface area contributed by atoms with Crippen molar-refractivity contribution in [3.8, 4) is 0 Å². The van der Waals surface area contributed by atoms with E-state index in [1.165, 1.54) is 16.3 Å². The minimum absolute atomic E-state index is 0.351. The highest BCUT2D eigenvalue weighted by Gasteiger charge is 2.13. The number of hydrogen-bond donors (Lipinski definition) is 1. The molecule has 0 radical (unpaired) electrons. The molecule has 21 heavy (non-hydrogen) atoms. The van der Waals surface area contributed by atoms with E-state index in [9.17, 15) is 0 Å². The summed E-state index contributed by atoms with van der Waals surface area (Å²) in [6.07, 6.45) is 0.959. The Morgan fingerprint density at radius 3 is 2.67 bits per heavy atom. The molecule has 0 aliphatic heterocycles. The maximum atomic E-state index is 4.79. The maximum Gasteiger partial charge on any atom is 0.103 e. The largest absolute Gasteiger partial charge is 0.310 e. The molecule has 0 spiro atoms. The van der Waals surface area contributed by atoms with Crippen molar-refractivity contribution < 1.29 is 0 Å². The normalized spacial score (nSPS) is 12.8. The Morgan fingerprint density at radius 2 is 2.00 bits per heavy atom. The van der Waals surface area contributed by atoms with Gasteiger partial charge in [0.05, 0.1) is 5.69 Å². The van der Waals surface area contributed by atoms with E-state index in [0.29, 0.717) is 11.3 Å². The summed E-state index contributed by atoms with van der Waals surface area (Å²) in [6, 6.07) is 11.0. The van der Waals surface area contributed by atoms with Gasteiger partial charge >= 0.3 is 0 Å². The molecule has 0 bridgehead atoms. The lowest BCUT2D eigenvalue weighted by Crippen LogP contribution is -2.23. The summed E-state index contributed by atoms with van der Waals surface area (Å²) in [5.74, 6) is 1.03. The van der Waals surface area contributed by atoms with E-state index in [0.717, 1.165) is 18.7 Å². The van der Waals surface area contributed by atoms with Gasteiger partial charge in [0.2, 0.25) is 0 Å². The molecular formula is C17H24N2S2. The molecule has 0 fully saturated rings. The Balaban J connectivity index is 2.00. The Labute approximate surface area is 136 Å². The molecule has 1 aromatic heterocycles. The van der Waals surface area contributed by atoms with Crippen LogP contribution in [0.15, 0.2) is 35.7 Å². The van der Waals surface area contributed by atoms with E-state index in [-0.39, 0.29) is 0 Å². The first-order chi connectivity index (χ1) is 10.2. The molecule has 1 unspecified atom stereocenters. The Bertz CT molecular complexity index is 523. The van der Waals surface area contributed by atoms with Crippen LogP contribution in [0.3, 0.4) is 0 Å². The van der Waals surface area contributed by atoms with Gasteiger partial charge in [-0.1, -0.05) is 51.1 Å². The smallest absolute Gasteiger partial charge is 0.103 e. The average Bonchev–Trinajstić information content (AvgIpc) is 2.93. The number of aromatic nitrogens is 1. The lowest BCUT2D eigenvalue weighted by atomic mass is 10.0. The van der Waals surface area contributed by atoms with Crippen molar-refractivity contribution in [2.24, 2.45) is 0 Å². The van der Waals surface area contributed by atoms with Crippen LogP contribution in [0.5, 0.6) is 0 Å². The number of thiazole rings is 1. The summed E-state index contributed by atoms with van der Waals surface area (Å²) in [7, 11) is 0. The fourth-order valence-corrected chi connectivity index (χ4v) is 3.80. The van der Waals surface area contributed by atoms with E-state index in [2.05, 4.69) is 61.8 Å². The zero-order valence-electron chi connectivity index (χ0n) is 13.0. The van der Waals surface area contributed by atoms with Crippen molar-refractivity contribution in [2.75, 3.05) is 6.54 Å². The number of likely N-dealkylation sites (N-methyl/N-ethyl adjacent to an activating group) is 1. The highest BCUT2D eigenvalue weighted by Crippen LogP contribution is 2.23. The first-order valence-corrected chi connectivity index (χ1v) is 9.45. The molecule has 0 aliphatic rings. The summed E-state index contributed by atoms with van der Waals surface area (Å²) in [4.78, 5) is 4.79. The van der Waals surface area contributed by atoms with Gasteiger partial charge in [-0.2, -0.15) is 11.8 Å². The molecule has 4 heteroatoms. The molecule has 0 saturated carbocycles. The molecule has 1 N–H and O–H groups in total. The molecule has 1 heterocycles. The van der Waals surface area contributed by atoms with Gasteiger partial charge in [0.25, 0.3) is 0 Å². The molecule has 0 saturated heterocycles. The van der Waals surface area contributed by atoms with Crippen LogP contribution in [0.4, 0.5) is 0 Å². The van der Waals surface area contributed by atoms with Crippen molar-refractivity contribution in [2.45, 2.75) is 44.2 Å². The van der Waals surface area contributed by atoms with Crippen molar-refractivity contribution in [1.29, 1.82) is 0 Å². The zero-order valence-corrected chi connectivity index (χ0v) is 14.6. The van der Waals surface area contributed by atoms with Crippen LogP contribution < -0.4 is 5.32 Å². The van der Waals surface area contributed by atoms with Gasteiger partial charge in [0, 0.05) is 23.6 Å². The quantitative estimate of drug-likeness (QED) is 0.764. The molecule has 114 valence electrons. The number of hydrogen-bond acceptors (Lipinski definition) is 4. The first-order valence-electron chi connectivity index (χ1n) is 7.52. The van der Waals surface area contributed by atoms with E-state index in [1.54, 1.807) is 11.3 Å². The van der Waals surface area contributed by atoms with Crippen molar-refractivity contribution in [3.05, 3.63) is 52.0 Å². The minimum atomic E-state index is 0.351. The first kappa shape index (κ1) is 16.5. The molecule has 2 aromatic rings. The second kappa shape index (κ2) is 8.57. The van der Waals surface area contributed by atoms with Crippen LogP contribution in [0.25, 0.3) is 0 Å². The van der Waals surface area contributed by atoms with E-state index >= 15 is 0 Å². The van der Waals surface area contributed by atoms with Crippen molar-refractivity contribution >= 4 is 23.1 Å². The topological polar surface area (TPSA) is 24.9 Å². The average molecular weight is 321 g/mol. The van der Waals surface area contributed by atoms with Crippen LogP contribution in [-0.4, -0.2) is 16.8 Å². The predicted octanol–water partition coefficient (Wildman–Crippen LogP) is 4.68. The minimum Gasteiger partial charge on any atom is -0.310 e. The van der Waals surface area contributed by atoms with Gasteiger partial charge in [-0.3, -0.25) is 0 Å². The molecule has 0 amide bonds. The third kappa shape index (κ3) is 5.46. The Kier molecular flexibility index (Phi) is 6.74. The van der Waals surface area contributed by atoms with Crippen LogP contribution in [0.2, 0.25) is 0 Å². The van der Waals surface area contributed by atoms with E-state index in [4.69, 9.17) is 4.98 Å². The lowest BCUT2D eigenvalue weighted by molar-refractivity contribution is 0.545. The zero-order chi connectivity index (χ0) is 15.1. The van der Waals surface area contributed by atoms with Gasteiger partial charge in [-0.25, -0.2) is 4.98 Å². The third-order valence-corrected chi connectivity index (χ3v) is 5.39. The van der Waals surface area contributed by atoms with E-state index in [1.807, 2.05) is 11.8 Å². The number of thioether (sulfide) groups is 1. The van der Waals surface area contributed by atoms with Crippen LogP contribution in [-0.2, 0) is 12.2 Å². The van der Waals surface area contributed by atoms with Gasteiger partial charge in [-0.15, -0.1) is 11.3 Å². The molecule has 1 aromatic carbocycles. The van der Waals surface area contributed by atoms with Gasteiger partial charge in [-0.05, 0) is 17.4 Å². The summed E-state index contributed by atoms with van der Waals surface area (Å²) in [5.41, 5.74) is 2.54. The maximum absolute atomic E-state index is 4.79. The number of rotatable bonds is 8. The van der Waals surface area contributed by atoms with Crippen LogP contribution in [0.1, 0.15) is 43.1 Å². The SMILES string of the molecule is CCNC(Cc1csc(CSC(C)C)n1)c1ccccc1. The molecular weight excluding hydrogens is 296 g/mol. The molecule has 1 atom stereocenters. The van der Waals surface area contributed by atoms with Gasteiger partial charge < -0.3 is 5.32 Å². The van der Waals surface area contributed by atoms with E-state index < -0.39 is 0 Å². The fraction of sp³-hybridized carbons (Fsp3) is 0.471.